The zero-order valence-corrected chi connectivity index (χ0v) is 22.4. The van der Waals surface area contributed by atoms with Crippen molar-refractivity contribution in [3.63, 3.8) is 0 Å². The maximum atomic E-state index is 13.3. The Balaban J connectivity index is 1.80. The van der Waals surface area contributed by atoms with Crippen molar-refractivity contribution in [2.75, 3.05) is 0 Å². The standard InChI is InChI=1S/C30H29ClN2O5/c1-19(26(17-21-12-14-24(31)15-13-21)23-9-7-8-22(16-23)18-32)33-29(36)30(3,4)38-28(35)25-10-5-6-11-27(25)37-20(2)34/h5-16,19,26H,17H2,1-4H3,(H,33,36)/t19-,26+/m0/s1. The normalized spacial score (nSPS) is 12.5. The van der Waals surface area contributed by atoms with E-state index >= 15 is 0 Å². The Morgan fingerprint density at radius 1 is 1.03 bits per heavy atom. The summed E-state index contributed by atoms with van der Waals surface area (Å²) in [5, 5.41) is 13.0. The number of hydrogen-bond donors (Lipinski definition) is 1. The lowest BCUT2D eigenvalue weighted by Gasteiger charge is -2.30. The fourth-order valence-corrected chi connectivity index (χ4v) is 4.12. The number of nitrogens with zero attached hydrogens (tertiary/aromatic N) is 1. The number of halogens is 1. The van der Waals surface area contributed by atoms with Crippen molar-refractivity contribution in [2.24, 2.45) is 0 Å². The van der Waals surface area contributed by atoms with Gasteiger partial charge in [0.05, 0.1) is 11.6 Å². The van der Waals surface area contributed by atoms with Crippen molar-refractivity contribution in [3.05, 3.63) is 100 Å². The van der Waals surface area contributed by atoms with Crippen molar-refractivity contribution in [1.29, 1.82) is 5.26 Å². The van der Waals surface area contributed by atoms with Gasteiger partial charge in [-0.15, -0.1) is 0 Å². The number of amides is 1. The fraction of sp³-hybridized carbons (Fsp3) is 0.267. The van der Waals surface area contributed by atoms with Crippen LogP contribution in [-0.4, -0.2) is 29.5 Å². The van der Waals surface area contributed by atoms with Crippen LogP contribution in [0.2, 0.25) is 5.02 Å². The number of carbonyl (C=O) groups is 3. The van der Waals surface area contributed by atoms with Gasteiger partial charge in [-0.3, -0.25) is 9.59 Å². The van der Waals surface area contributed by atoms with Crippen molar-refractivity contribution >= 4 is 29.4 Å². The average molecular weight is 533 g/mol. The maximum absolute atomic E-state index is 13.3. The van der Waals surface area contributed by atoms with E-state index in [2.05, 4.69) is 11.4 Å². The van der Waals surface area contributed by atoms with Gasteiger partial charge in [0.15, 0.2) is 5.60 Å². The highest BCUT2D eigenvalue weighted by atomic mass is 35.5. The monoisotopic (exact) mass is 532 g/mol. The Morgan fingerprint density at radius 3 is 2.37 bits per heavy atom. The van der Waals surface area contributed by atoms with Crippen LogP contribution in [0.1, 0.15) is 60.7 Å². The molecule has 38 heavy (non-hydrogen) atoms. The lowest BCUT2D eigenvalue weighted by atomic mass is 9.85. The van der Waals surface area contributed by atoms with E-state index in [1.807, 2.05) is 31.2 Å². The van der Waals surface area contributed by atoms with Crippen molar-refractivity contribution in [2.45, 2.75) is 51.7 Å². The summed E-state index contributed by atoms with van der Waals surface area (Å²) in [4.78, 5) is 37.6. The number of ether oxygens (including phenoxy) is 2. The molecule has 0 radical (unpaired) electrons. The summed E-state index contributed by atoms with van der Waals surface area (Å²) in [5.74, 6) is -2.02. The minimum absolute atomic E-state index is 0.0329. The number of nitriles is 1. The Bertz CT molecular complexity index is 1360. The van der Waals surface area contributed by atoms with E-state index < -0.39 is 29.5 Å². The molecule has 3 rings (SSSR count). The van der Waals surface area contributed by atoms with E-state index in [1.54, 1.807) is 36.4 Å². The van der Waals surface area contributed by atoms with Crippen LogP contribution >= 0.6 is 11.6 Å². The highest BCUT2D eigenvalue weighted by Crippen LogP contribution is 2.28. The first kappa shape index (κ1) is 28.4. The first-order valence-corrected chi connectivity index (χ1v) is 12.4. The van der Waals surface area contributed by atoms with Gasteiger partial charge in [0, 0.05) is 23.9 Å². The molecule has 1 amide bonds. The molecule has 1 N–H and O–H groups in total. The van der Waals surface area contributed by atoms with E-state index in [4.69, 9.17) is 21.1 Å². The number of nitrogens with one attached hydrogen (secondary N) is 1. The third kappa shape index (κ3) is 7.44. The molecule has 0 fully saturated rings. The summed E-state index contributed by atoms with van der Waals surface area (Å²) in [5.41, 5.74) is 0.912. The topological polar surface area (TPSA) is 105 Å². The number of esters is 2. The quantitative estimate of drug-likeness (QED) is 0.284. The molecule has 3 aromatic rings. The van der Waals surface area contributed by atoms with Gasteiger partial charge < -0.3 is 14.8 Å². The molecule has 7 nitrogen and oxygen atoms in total. The second-order valence-corrected chi connectivity index (χ2v) is 9.86. The predicted octanol–water partition coefficient (Wildman–Crippen LogP) is 5.60. The number of benzene rings is 3. The highest BCUT2D eigenvalue weighted by Gasteiger charge is 2.35. The van der Waals surface area contributed by atoms with Crippen molar-refractivity contribution in [3.8, 4) is 11.8 Å². The summed E-state index contributed by atoms with van der Waals surface area (Å²) in [6, 6.07) is 22.6. The molecule has 0 aliphatic rings. The van der Waals surface area contributed by atoms with Gasteiger partial charge in [-0.2, -0.15) is 5.26 Å². The largest absolute Gasteiger partial charge is 0.446 e. The van der Waals surface area contributed by atoms with Crippen LogP contribution in [-0.2, 0) is 20.7 Å². The number of rotatable bonds is 9. The molecule has 8 heteroatoms. The second kappa shape index (κ2) is 12.4. The molecule has 0 aromatic heterocycles. The first-order valence-electron chi connectivity index (χ1n) is 12.1. The maximum Gasteiger partial charge on any atom is 0.342 e. The van der Waals surface area contributed by atoms with Gasteiger partial charge in [-0.05, 0) is 74.7 Å². The van der Waals surface area contributed by atoms with E-state index in [0.29, 0.717) is 17.0 Å². The van der Waals surface area contributed by atoms with E-state index in [-0.39, 0.29) is 17.2 Å². The molecule has 0 bridgehead atoms. The van der Waals surface area contributed by atoms with Crippen LogP contribution in [0.15, 0.2) is 72.8 Å². The molecule has 0 spiro atoms. The molecule has 0 unspecified atom stereocenters. The summed E-state index contributed by atoms with van der Waals surface area (Å²) < 4.78 is 10.7. The molecule has 0 aliphatic carbocycles. The zero-order chi connectivity index (χ0) is 27.9. The summed E-state index contributed by atoms with van der Waals surface area (Å²) in [6.07, 6.45) is 0.573. The number of para-hydroxylation sites is 1. The molecular formula is C30H29ClN2O5. The third-order valence-corrected chi connectivity index (χ3v) is 6.28. The Morgan fingerprint density at radius 2 is 1.71 bits per heavy atom. The van der Waals surface area contributed by atoms with E-state index in [0.717, 1.165) is 11.1 Å². The lowest BCUT2D eigenvalue weighted by Crippen LogP contribution is -2.50. The van der Waals surface area contributed by atoms with Gasteiger partial charge in [-0.25, -0.2) is 4.79 Å². The van der Waals surface area contributed by atoms with E-state index in [1.165, 1.54) is 32.9 Å². The molecular weight excluding hydrogens is 504 g/mol. The van der Waals surface area contributed by atoms with Crippen LogP contribution in [0, 0.1) is 11.3 Å². The van der Waals surface area contributed by atoms with Crippen LogP contribution in [0.25, 0.3) is 0 Å². The predicted molar refractivity (Wildman–Crippen MR) is 144 cm³/mol. The molecule has 0 saturated heterocycles. The van der Waals surface area contributed by atoms with E-state index in [9.17, 15) is 19.6 Å². The average Bonchev–Trinajstić information content (AvgIpc) is 2.87. The van der Waals surface area contributed by atoms with Crippen molar-refractivity contribution < 1.29 is 23.9 Å². The minimum Gasteiger partial charge on any atom is -0.446 e. The third-order valence-electron chi connectivity index (χ3n) is 6.03. The Hall–Kier alpha value is -4.15. The summed E-state index contributed by atoms with van der Waals surface area (Å²) in [7, 11) is 0. The van der Waals surface area contributed by atoms with Crippen LogP contribution < -0.4 is 10.1 Å². The van der Waals surface area contributed by atoms with Gasteiger partial charge in [-0.1, -0.05) is 48.0 Å². The number of carbonyl (C=O) groups excluding carboxylic acids is 3. The van der Waals surface area contributed by atoms with Crippen molar-refractivity contribution in [1.82, 2.24) is 5.32 Å². The zero-order valence-electron chi connectivity index (χ0n) is 21.7. The second-order valence-electron chi connectivity index (χ2n) is 9.43. The Labute approximate surface area is 227 Å². The molecule has 2 atom stereocenters. The van der Waals surface area contributed by atoms with Gasteiger partial charge in [0.25, 0.3) is 5.91 Å². The van der Waals surface area contributed by atoms with Gasteiger partial charge >= 0.3 is 11.9 Å². The molecule has 196 valence electrons. The fourth-order valence-electron chi connectivity index (χ4n) is 3.99. The highest BCUT2D eigenvalue weighted by molar-refractivity contribution is 6.30. The molecule has 0 heterocycles. The SMILES string of the molecule is CC(=O)Oc1ccccc1C(=O)OC(C)(C)C(=O)N[C@@H](C)[C@@H](Cc1ccc(Cl)cc1)c1cccc(C#N)c1. The minimum atomic E-state index is -1.53. The van der Waals surface area contributed by atoms with Gasteiger partial charge in [0.2, 0.25) is 0 Å². The van der Waals surface area contributed by atoms with Crippen LogP contribution in [0.3, 0.4) is 0 Å². The summed E-state index contributed by atoms with van der Waals surface area (Å²) >= 11 is 6.05. The number of hydrogen-bond acceptors (Lipinski definition) is 6. The lowest BCUT2D eigenvalue weighted by molar-refractivity contribution is -0.138. The molecule has 0 saturated carbocycles. The van der Waals surface area contributed by atoms with Crippen LogP contribution in [0.4, 0.5) is 0 Å². The summed E-state index contributed by atoms with van der Waals surface area (Å²) in [6.45, 7) is 6.08. The molecule has 0 aliphatic heterocycles. The molecule has 3 aromatic carbocycles. The van der Waals surface area contributed by atoms with Gasteiger partial charge in [0.1, 0.15) is 11.3 Å². The smallest absolute Gasteiger partial charge is 0.342 e. The van der Waals surface area contributed by atoms with Crippen LogP contribution in [0.5, 0.6) is 5.75 Å². The first-order chi connectivity index (χ1) is 18.0. The Kier molecular flexibility index (Phi) is 9.27.